The summed E-state index contributed by atoms with van der Waals surface area (Å²) in [6.07, 6.45) is 2.94. The van der Waals surface area contributed by atoms with Gasteiger partial charge in [0.25, 0.3) is 5.69 Å². The molecule has 0 unspecified atom stereocenters. The molecule has 0 bridgehead atoms. The van der Waals surface area contributed by atoms with E-state index >= 15 is 0 Å². The number of benzene rings is 1. The number of nitro benzene ring substituents is 1. The molecule has 0 atom stereocenters. The van der Waals surface area contributed by atoms with Gasteiger partial charge in [0.15, 0.2) is 0 Å². The first-order chi connectivity index (χ1) is 10.6. The lowest BCUT2D eigenvalue weighted by Crippen LogP contribution is -2.37. The molecule has 1 fully saturated rings. The SMILES string of the molecule is O=c1[nH]ncn1C1CCN(c2ccc(Cl)cc2[N+](=O)[O-])CC1. The molecular weight excluding hydrogens is 310 g/mol. The number of piperidine rings is 1. The zero-order chi connectivity index (χ0) is 15.7. The first kappa shape index (κ1) is 14.6. The van der Waals surface area contributed by atoms with Crippen molar-refractivity contribution >= 4 is 23.0 Å². The van der Waals surface area contributed by atoms with Gasteiger partial charge in [0.05, 0.1) is 4.92 Å². The maximum absolute atomic E-state index is 11.6. The van der Waals surface area contributed by atoms with Gasteiger partial charge in [-0.25, -0.2) is 9.89 Å². The fourth-order valence-corrected chi connectivity index (χ4v) is 2.98. The molecule has 3 rings (SSSR count). The Bertz CT molecular complexity index is 748. The van der Waals surface area contributed by atoms with Crippen molar-refractivity contribution in [2.45, 2.75) is 18.9 Å². The third-order valence-electron chi connectivity index (χ3n) is 3.91. The van der Waals surface area contributed by atoms with Crippen molar-refractivity contribution in [3.8, 4) is 0 Å². The van der Waals surface area contributed by atoms with Crippen molar-refractivity contribution < 1.29 is 4.92 Å². The largest absolute Gasteiger partial charge is 0.366 e. The highest BCUT2D eigenvalue weighted by Crippen LogP contribution is 2.34. The molecular formula is C13H14ClN5O3. The molecule has 0 radical (unpaired) electrons. The van der Waals surface area contributed by atoms with Crippen LogP contribution in [0.3, 0.4) is 0 Å². The summed E-state index contributed by atoms with van der Waals surface area (Å²) in [5.41, 5.74) is 0.342. The molecule has 0 aliphatic carbocycles. The van der Waals surface area contributed by atoms with Gasteiger partial charge in [-0.2, -0.15) is 5.10 Å². The Morgan fingerprint density at radius 1 is 1.36 bits per heavy atom. The fraction of sp³-hybridized carbons (Fsp3) is 0.385. The number of rotatable bonds is 3. The first-order valence-electron chi connectivity index (χ1n) is 6.86. The highest BCUT2D eigenvalue weighted by atomic mass is 35.5. The van der Waals surface area contributed by atoms with Crippen molar-refractivity contribution in [2.24, 2.45) is 0 Å². The molecule has 1 aromatic heterocycles. The third-order valence-corrected chi connectivity index (χ3v) is 4.14. The summed E-state index contributed by atoms with van der Waals surface area (Å²) < 4.78 is 1.58. The van der Waals surface area contributed by atoms with E-state index in [-0.39, 0.29) is 17.4 Å². The number of halogens is 1. The lowest BCUT2D eigenvalue weighted by Gasteiger charge is -2.33. The van der Waals surface area contributed by atoms with Crippen molar-refractivity contribution in [2.75, 3.05) is 18.0 Å². The average molecular weight is 324 g/mol. The van der Waals surface area contributed by atoms with E-state index in [9.17, 15) is 14.9 Å². The van der Waals surface area contributed by atoms with Crippen LogP contribution in [-0.2, 0) is 0 Å². The van der Waals surface area contributed by atoms with E-state index in [4.69, 9.17) is 11.6 Å². The van der Waals surface area contributed by atoms with Gasteiger partial charge in [0.1, 0.15) is 12.0 Å². The van der Waals surface area contributed by atoms with Gasteiger partial charge in [-0.1, -0.05) is 11.6 Å². The molecule has 1 N–H and O–H groups in total. The van der Waals surface area contributed by atoms with Gasteiger partial charge in [-0.05, 0) is 25.0 Å². The van der Waals surface area contributed by atoms with Crippen LogP contribution in [0.5, 0.6) is 0 Å². The molecule has 2 aromatic rings. The standard InChI is InChI=1S/C13H14ClN5O3/c14-9-1-2-11(12(7-9)19(21)22)17-5-3-10(4-6-17)18-8-15-16-13(18)20/h1-2,7-8,10H,3-6H2,(H,16,20). The minimum absolute atomic E-state index is 0.00595. The Morgan fingerprint density at radius 3 is 2.68 bits per heavy atom. The Kier molecular flexibility index (Phi) is 3.84. The minimum Gasteiger partial charge on any atom is -0.366 e. The number of hydrogen-bond acceptors (Lipinski definition) is 5. The first-order valence-corrected chi connectivity index (χ1v) is 7.24. The van der Waals surface area contributed by atoms with Crippen LogP contribution in [0, 0.1) is 10.1 Å². The van der Waals surface area contributed by atoms with Crippen molar-refractivity contribution in [1.29, 1.82) is 0 Å². The highest BCUT2D eigenvalue weighted by Gasteiger charge is 2.26. The number of H-pyrrole nitrogens is 1. The van der Waals surface area contributed by atoms with Gasteiger partial charge >= 0.3 is 5.69 Å². The molecule has 1 aliphatic heterocycles. The molecule has 1 saturated heterocycles. The lowest BCUT2D eigenvalue weighted by molar-refractivity contribution is -0.384. The van der Waals surface area contributed by atoms with E-state index in [0.29, 0.717) is 23.8 Å². The average Bonchev–Trinajstić information content (AvgIpc) is 2.93. The van der Waals surface area contributed by atoms with Crippen LogP contribution in [0.4, 0.5) is 11.4 Å². The molecule has 1 aromatic carbocycles. The monoisotopic (exact) mass is 323 g/mol. The molecule has 116 valence electrons. The van der Waals surface area contributed by atoms with Gasteiger partial charge in [-0.15, -0.1) is 0 Å². The van der Waals surface area contributed by atoms with E-state index < -0.39 is 4.92 Å². The van der Waals surface area contributed by atoms with Crippen LogP contribution in [0.25, 0.3) is 0 Å². The number of aromatic nitrogens is 3. The van der Waals surface area contributed by atoms with Crippen LogP contribution in [0.1, 0.15) is 18.9 Å². The molecule has 0 saturated carbocycles. The zero-order valence-electron chi connectivity index (χ0n) is 11.6. The molecule has 0 spiro atoms. The predicted octanol–water partition coefficient (Wildman–Crippen LogP) is 1.97. The second kappa shape index (κ2) is 5.80. The third kappa shape index (κ3) is 2.69. The molecule has 8 nitrogen and oxygen atoms in total. The van der Waals surface area contributed by atoms with Gasteiger partial charge in [0, 0.05) is 30.2 Å². The topological polar surface area (TPSA) is 97.1 Å². The van der Waals surface area contributed by atoms with Gasteiger partial charge in [-0.3, -0.25) is 14.7 Å². The van der Waals surface area contributed by atoms with E-state index in [0.717, 1.165) is 12.8 Å². The zero-order valence-corrected chi connectivity index (χ0v) is 12.4. The van der Waals surface area contributed by atoms with Crippen LogP contribution < -0.4 is 10.6 Å². The number of aromatic amines is 1. The maximum Gasteiger partial charge on any atom is 0.343 e. The van der Waals surface area contributed by atoms with Crippen LogP contribution in [0.15, 0.2) is 29.3 Å². The quantitative estimate of drug-likeness (QED) is 0.688. The number of nitro groups is 1. The Morgan fingerprint density at radius 2 is 2.09 bits per heavy atom. The maximum atomic E-state index is 11.6. The van der Waals surface area contributed by atoms with Gasteiger partial charge in [0.2, 0.25) is 0 Å². The highest BCUT2D eigenvalue weighted by molar-refractivity contribution is 6.30. The number of anilines is 1. The van der Waals surface area contributed by atoms with Crippen molar-refractivity contribution in [1.82, 2.24) is 14.8 Å². The normalized spacial score (nSPS) is 16.0. The summed E-state index contributed by atoms with van der Waals surface area (Å²) in [6, 6.07) is 4.75. The summed E-state index contributed by atoms with van der Waals surface area (Å²) in [7, 11) is 0. The van der Waals surface area contributed by atoms with Crippen LogP contribution in [-0.4, -0.2) is 32.8 Å². The van der Waals surface area contributed by atoms with Crippen LogP contribution in [0.2, 0.25) is 5.02 Å². The molecule has 22 heavy (non-hydrogen) atoms. The fourth-order valence-electron chi connectivity index (χ4n) is 2.81. The lowest BCUT2D eigenvalue weighted by atomic mass is 10.0. The predicted molar refractivity (Wildman–Crippen MR) is 81.4 cm³/mol. The summed E-state index contributed by atoms with van der Waals surface area (Å²) in [5, 5.41) is 17.6. The summed E-state index contributed by atoms with van der Waals surface area (Å²) in [5.74, 6) is 0. The molecule has 1 aliphatic rings. The molecule has 9 heteroatoms. The van der Waals surface area contributed by atoms with E-state index in [1.54, 1.807) is 16.7 Å². The summed E-state index contributed by atoms with van der Waals surface area (Å²) >= 11 is 5.84. The van der Waals surface area contributed by atoms with Gasteiger partial charge < -0.3 is 4.90 Å². The Balaban J connectivity index is 1.78. The van der Waals surface area contributed by atoms with E-state index in [1.807, 2.05) is 4.90 Å². The number of nitrogens with one attached hydrogen (secondary N) is 1. The van der Waals surface area contributed by atoms with E-state index in [1.165, 1.54) is 12.4 Å². The molecule has 0 amide bonds. The summed E-state index contributed by atoms with van der Waals surface area (Å²) in [4.78, 5) is 24.3. The number of hydrogen-bond donors (Lipinski definition) is 1. The number of nitrogens with zero attached hydrogens (tertiary/aromatic N) is 4. The smallest absolute Gasteiger partial charge is 0.343 e. The van der Waals surface area contributed by atoms with Crippen molar-refractivity contribution in [3.05, 3.63) is 50.1 Å². The van der Waals surface area contributed by atoms with Crippen LogP contribution >= 0.6 is 11.6 Å². The Hall–Kier alpha value is -2.35. The Labute approximate surface area is 130 Å². The second-order valence-corrected chi connectivity index (χ2v) is 5.61. The van der Waals surface area contributed by atoms with E-state index in [2.05, 4.69) is 10.2 Å². The van der Waals surface area contributed by atoms with Crippen molar-refractivity contribution in [3.63, 3.8) is 0 Å². The minimum atomic E-state index is -0.423. The summed E-state index contributed by atoms with van der Waals surface area (Å²) in [6.45, 7) is 1.26. The second-order valence-electron chi connectivity index (χ2n) is 5.18. The molecule has 2 heterocycles.